The summed E-state index contributed by atoms with van der Waals surface area (Å²) in [5.41, 5.74) is 3.63. The van der Waals surface area contributed by atoms with Crippen LogP contribution in [0.25, 0.3) is 10.9 Å². The van der Waals surface area contributed by atoms with Crippen molar-refractivity contribution in [2.24, 2.45) is 0 Å². The molecular weight excluding hydrogens is 386 g/mol. The highest BCUT2D eigenvalue weighted by Gasteiger charge is 2.18. The van der Waals surface area contributed by atoms with E-state index in [0.717, 1.165) is 28.6 Å². The van der Waals surface area contributed by atoms with Crippen molar-refractivity contribution < 1.29 is 13.2 Å². The molecule has 0 radical (unpaired) electrons. The first-order valence-electron chi connectivity index (χ1n) is 9.55. The average molecular weight is 412 g/mol. The lowest BCUT2D eigenvalue weighted by molar-refractivity contribution is 0.102. The number of pyridine rings is 1. The molecule has 3 rings (SSSR count). The minimum atomic E-state index is -3.57. The van der Waals surface area contributed by atoms with E-state index in [9.17, 15) is 13.2 Å². The van der Waals surface area contributed by atoms with Gasteiger partial charge in [0, 0.05) is 22.8 Å². The summed E-state index contributed by atoms with van der Waals surface area (Å²) < 4.78 is 27.0. The zero-order chi connectivity index (χ0) is 21.2. The Kier molecular flexibility index (Phi) is 6.00. The normalized spacial score (nSPS) is 11.8. The van der Waals surface area contributed by atoms with Crippen molar-refractivity contribution in [3.63, 3.8) is 0 Å². The fourth-order valence-corrected chi connectivity index (χ4v) is 4.54. The molecule has 3 aromatic rings. The molecular formula is C22H25N3O3S. The summed E-state index contributed by atoms with van der Waals surface area (Å²) in [6, 6.07) is 13.5. The number of hydrogen-bond donors (Lipinski definition) is 2. The highest BCUT2D eigenvalue weighted by molar-refractivity contribution is 7.89. The molecule has 0 saturated heterocycles. The number of anilines is 1. The Bertz CT molecular complexity index is 1150. The van der Waals surface area contributed by atoms with Crippen molar-refractivity contribution in [2.75, 3.05) is 5.32 Å². The molecule has 0 spiro atoms. The maximum atomic E-state index is 13.1. The first-order valence-corrected chi connectivity index (χ1v) is 11.0. The molecule has 0 aliphatic carbocycles. The third kappa shape index (κ3) is 4.46. The number of carbonyl (C=O) groups excluding carboxylic acids is 1. The molecule has 2 N–H and O–H groups in total. The number of aryl methyl sites for hydroxylation is 1. The first kappa shape index (κ1) is 21.0. The molecule has 7 heteroatoms. The number of nitrogens with one attached hydrogen (secondary N) is 2. The van der Waals surface area contributed by atoms with E-state index < -0.39 is 10.0 Å². The van der Waals surface area contributed by atoms with Gasteiger partial charge in [-0.25, -0.2) is 13.1 Å². The van der Waals surface area contributed by atoms with Gasteiger partial charge < -0.3 is 5.32 Å². The zero-order valence-electron chi connectivity index (χ0n) is 17.0. The van der Waals surface area contributed by atoms with Gasteiger partial charge in [0.25, 0.3) is 5.91 Å². The van der Waals surface area contributed by atoms with Crippen molar-refractivity contribution in [2.45, 2.75) is 45.1 Å². The Morgan fingerprint density at radius 2 is 1.72 bits per heavy atom. The van der Waals surface area contributed by atoms with Crippen LogP contribution in [0.2, 0.25) is 0 Å². The summed E-state index contributed by atoms with van der Waals surface area (Å²) in [5.74, 6) is -0.244. The molecule has 0 fully saturated rings. The number of rotatable bonds is 6. The molecule has 0 atom stereocenters. The van der Waals surface area contributed by atoms with Crippen LogP contribution in [0.5, 0.6) is 0 Å². The number of nitrogens with zero attached hydrogens (tertiary/aromatic N) is 1. The quantitative estimate of drug-likeness (QED) is 0.641. The van der Waals surface area contributed by atoms with Crippen molar-refractivity contribution >= 4 is 32.5 Å². The van der Waals surface area contributed by atoms with Gasteiger partial charge in [-0.05, 0) is 63.1 Å². The van der Waals surface area contributed by atoms with Crippen LogP contribution < -0.4 is 10.0 Å². The maximum absolute atomic E-state index is 13.1. The fourth-order valence-electron chi connectivity index (χ4n) is 3.28. The highest BCUT2D eigenvalue weighted by Crippen LogP contribution is 2.25. The lowest BCUT2D eigenvalue weighted by Gasteiger charge is -2.14. The van der Waals surface area contributed by atoms with E-state index in [1.807, 2.05) is 38.1 Å². The van der Waals surface area contributed by atoms with Crippen LogP contribution in [0.3, 0.4) is 0 Å². The summed E-state index contributed by atoms with van der Waals surface area (Å²) in [4.78, 5) is 17.9. The largest absolute Gasteiger partial charge is 0.322 e. The number of para-hydroxylation sites is 1. The number of amides is 1. The Morgan fingerprint density at radius 3 is 2.34 bits per heavy atom. The molecule has 0 aliphatic heterocycles. The second kappa shape index (κ2) is 8.31. The molecule has 6 nitrogen and oxygen atoms in total. The second-order valence-electron chi connectivity index (χ2n) is 7.18. The summed E-state index contributed by atoms with van der Waals surface area (Å²) in [6.07, 6.45) is 0.729. The lowest BCUT2D eigenvalue weighted by Crippen LogP contribution is -2.30. The van der Waals surface area contributed by atoms with Crippen molar-refractivity contribution in [3.05, 3.63) is 65.4 Å². The molecule has 0 unspecified atom stereocenters. The van der Waals surface area contributed by atoms with Crippen LogP contribution >= 0.6 is 0 Å². The minimum Gasteiger partial charge on any atom is -0.322 e. The Hall–Kier alpha value is -2.77. The monoisotopic (exact) mass is 411 g/mol. The third-order valence-electron chi connectivity index (χ3n) is 4.61. The Morgan fingerprint density at radius 1 is 1.07 bits per heavy atom. The molecule has 152 valence electrons. The molecule has 2 aromatic carbocycles. The van der Waals surface area contributed by atoms with Crippen molar-refractivity contribution in [3.8, 4) is 0 Å². The van der Waals surface area contributed by atoms with Crippen LogP contribution in [0.15, 0.2) is 53.4 Å². The van der Waals surface area contributed by atoms with E-state index in [0.29, 0.717) is 11.3 Å². The fraction of sp³-hybridized carbons (Fsp3) is 0.273. The number of benzene rings is 2. The highest BCUT2D eigenvalue weighted by atomic mass is 32.2. The Labute approximate surface area is 171 Å². The summed E-state index contributed by atoms with van der Waals surface area (Å²) in [7, 11) is -3.57. The molecule has 1 heterocycles. The summed E-state index contributed by atoms with van der Waals surface area (Å²) in [6.45, 7) is 7.44. The third-order valence-corrected chi connectivity index (χ3v) is 6.29. The number of aromatic nitrogens is 1. The van der Waals surface area contributed by atoms with Gasteiger partial charge in [-0.3, -0.25) is 9.78 Å². The number of fused-ring (bicyclic) bond motifs is 1. The number of carbonyl (C=O) groups is 1. The average Bonchev–Trinajstić information content (AvgIpc) is 2.66. The number of hydrogen-bond acceptors (Lipinski definition) is 4. The number of sulfonamides is 1. The van der Waals surface area contributed by atoms with Crippen LogP contribution in [0.1, 0.15) is 42.4 Å². The van der Waals surface area contributed by atoms with E-state index >= 15 is 0 Å². The molecule has 0 bridgehead atoms. The van der Waals surface area contributed by atoms with Gasteiger partial charge in [0.2, 0.25) is 10.0 Å². The molecule has 1 aromatic heterocycles. The molecule has 0 saturated carbocycles. The van der Waals surface area contributed by atoms with E-state index in [1.54, 1.807) is 26.0 Å². The van der Waals surface area contributed by atoms with Crippen LogP contribution in [0, 0.1) is 6.92 Å². The predicted octanol–water partition coefficient (Wildman–Crippen LogP) is 4.04. The Balaban J connectivity index is 1.92. The van der Waals surface area contributed by atoms with E-state index in [2.05, 4.69) is 15.0 Å². The van der Waals surface area contributed by atoms with Crippen molar-refractivity contribution in [1.29, 1.82) is 0 Å². The van der Waals surface area contributed by atoms with Crippen LogP contribution in [0.4, 0.5) is 5.69 Å². The molecule has 1 amide bonds. The van der Waals surface area contributed by atoms with Gasteiger partial charge in [-0.1, -0.05) is 25.1 Å². The van der Waals surface area contributed by atoms with Crippen LogP contribution in [-0.2, 0) is 16.4 Å². The molecule has 0 aliphatic rings. The summed E-state index contributed by atoms with van der Waals surface area (Å²) >= 11 is 0. The lowest BCUT2D eigenvalue weighted by atomic mass is 9.99. The van der Waals surface area contributed by atoms with Crippen LogP contribution in [-0.4, -0.2) is 25.4 Å². The summed E-state index contributed by atoms with van der Waals surface area (Å²) in [5, 5.41) is 3.67. The first-order chi connectivity index (χ1) is 13.7. The van der Waals surface area contributed by atoms with Gasteiger partial charge >= 0.3 is 0 Å². The second-order valence-corrected chi connectivity index (χ2v) is 8.90. The van der Waals surface area contributed by atoms with Gasteiger partial charge in [0.1, 0.15) is 0 Å². The zero-order valence-corrected chi connectivity index (χ0v) is 17.8. The standard InChI is InChI=1S/C22H25N3O3S/c1-5-19-15(4)21(18-8-6-7-9-20(18)24-19)22(26)23-16-10-12-17(13-11-16)29(27,28)25-14(2)3/h6-14,25H,5H2,1-4H3,(H,23,26). The topological polar surface area (TPSA) is 88.2 Å². The van der Waals surface area contributed by atoms with Gasteiger partial charge in [0.15, 0.2) is 0 Å². The van der Waals surface area contributed by atoms with Gasteiger partial charge in [-0.2, -0.15) is 0 Å². The predicted molar refractivity (Wildman–Crippen MR) is 116 cm³/mol. The van der Waals surface area contributed by atoms with Gasteiger partial charge in [0.05, 0.1) is 16.0 Å². The minimum absolute atomic E-state index is 0.156. The van der Waals surface area contributed by atoms with E-state index in [1.165, 1.54) is 12.1 Å². The maximum Gasteiger partial charge on any atom is 0.256 e. The molecule has 29 heavy (non-hydrogen) atoms. The van der Waals surface area contributed by atoms with Gasteiger partial charge in [-0.15, -0.1) is 0 Å². The van der Waals surface area contributed by atoms with Crippen molar-refractivity contribution in [1.82, 2.24) is 9.71 Å². The van der Waals surface area contributed by atoms with E-state index in [4.69, 9.17) is 0 Å². The SMILES string of the molecule is CCc1nc2ccccc2c(C(=O)Nc2ccc(S(=O)(=O)NC(C)C)cc2)c1C. The smallest absolute Gasteiger partial charge is 0.256 e. The van der Waals surface area contributed by atoms with E-state index in [-0.39, 0.29) is 16.8 Å².